The summed E-state index contributed by atoms with van der Waals surface area (Å²) in [5.74, 6) is 0.582. The highest BCUT2D eigenvalue weighted by Gasteiger charge is 2.37. The van der Waals surface area contributed by atoms with Crippen LogP contribution in [0.25, 0.3) is 6.08 Å². The number of benzene rings is 2. The van der Waals surface area contributed by atoms with Gasteiger partial charge in [0, 0.05) is 13.1 Å². The maximum absolute atomic E-state index is 12.9. The molecule has 2 aromatic rings. The number of imide groups is 1. The van der Waals surface area contributed by atoms with Crippen molar-refractivity contribution in [1.82, 2.24) is 9.80 Å². The van der Waals surface area contributed by atoms with Crippen molar-refractivity contribution >= 4 is 57.5 Å². The van der Waals surface area contributed by atoms with Crippen molar-refractivity contribution in [3.8, 4) is 11.5 Å². The Hall–Kier alpha value is -2.53. The van der Waals surface area contributed by atoms with Gasteiger partial charge in [-0.2, -0.15) is 0 Å². The van der Waals surface area contributed by atoms with Crippen LogP contribution in [0.4, 0.5) is 4.79 Å². The van der Waals surface area contributed by atoms with E-state index < -0.39 is 11.1 Å². The Morgan fingerprint density at radius 3 is 2.54 bits per heavy atom. The highest BCUT2D eigenvalue weighted by atomic mass is 127. The quantitative estimate of drug-likeness (QED) is 0.299. The molecule has 2 heterocycles. The number of carbonyl (C=O) groups is 3. The Bertz CT molecular complexity index is 1130. The number of hydrogen-bond acceptors (Lipinski definition) is 6. The highest BCUT2D eigenvalue weighted by Crippen LogP contribution is 2.38. The van der Waals surface area contributed by atoms with Gasteiger partial charge in [0.05, 0.1) is 15.1 Å². The van der Waals surface area contributed by atoms with E-state index in [1.165, 1.54) is 0 Å². The third-order valence-corrected chi connectivity index (χ3v) is 7.44. The summed E-state index contributed by atoms with van der Waals surface area (Å²) in [7, 11) is 0. The number of likely N-dealkylation sites (tertiary alicyclic amines) is 1. The molecule has 2 saturated heterocycles. The van der Waals surface area contributed by atoms with Crippen LogP contribution in [0.15, 0.2) is 47.4 Å². The lowest BCUT2D eigenvalue weighted by Gasteiger charge is -2.27. The van der Waals surface area contributed by atoms with Crippen molar-refractivity contribution in [2.24, 2.45) is 0 Å². The first-order valence-corrected chi connectivity index (χ1v) is 13.5. The number of thioether (sulfide) groups is 1. The molecule has 7 nitrogen and oxygen atoms in total. The van der Waals surface area contributed by atoms with Crippen molar-refractivity contribution < 1.29 is 23.9 Å². The fourth-order valence-corrected chi connectivity index (χ4v) is 5.59. The monoisotopic (exact) mass is 606 g/mol. The third kappa shape index (κ3) is 6.38. The molecule has 2 aromatic carbocycles. The zero-order valence-corrected chi connectivity index (χ0v) is 22.5. The van der Waals surface area contributed by atoms with Crippen molar-refractivity contribution in [2.45, 2.75) is 32.8 Å². The smallest absolute Gasteiger partial charge is 0.294 e. The minimum Gasteiger partial charge on any atom is -0.490 e. The Balaban J connectivity index is 1.50. The number of ether oxygens (including phenoxy) is 2. The van der Waals surface area contributed by atoms with Crippen LogP contribution in [-0.2, 0) is 16.2 Å². The first-order chi connectivity index (χ1) is 17.0. The molecule has 0 aliphatic carbocycles. The molecule has 2 aliphatic rings. The second-order valence-electron chi connectivity index (χ2n) is 8.25. The van der Waals surface area contributed by atoms with E-state index in [1.54, 1.807) is 17.0 Å². The summed E-state index contributed by atoms with van der Waals surface area (Å²) in [5, 5.41) is -0.422. The number of carbonyl (C=O) groups excluding carboxylic acids is 3. The molecule has 0 spiro atoms. The van der Waals surface area contributed by atoms with Gasteiger partial charge in [0.25, 0.3) is 11.1 Å². The summed E-state index contributed by atoms with van der Waals surface area (Å²) in [5.41, 5.74) is 1.76. The van der Waals surface area contributed by atoms with Crippen molar-refractivity contribution in [1.29, 1.82) is 0 Å². The minimum atomic E-state index is -0.442. The molecule has 0 saturated carbocycles. The summed E-state index contributed by atoms with van der Waals surface area (Å²) in [6.45, 7) is 3.90. The van der Waals surface area contributed by atoms with Gasteiger partial charge in [-0.25, -0.2) is 0 Å². The second kappa shape index (κ2) is 11.9. The van der Waals surface area contributed by atoms with Gasteiger partial charge in [-0.05, 0) is 89.9 Å². The summed E-state index contributed by atoms with van der Waals surface area (Å²) in [6, 6.07) is 13.6. The Kier molecular flexibility index (Phi) is 8.72. The van der Waals surface area contributed by atoms with Gasteiger partial charge in [-0.1, -0.05) is 30.3 Å². The van der Waals surface area contributed by atoms with E-state index in [0.717, 1.165) is 50.6 Å². The fraction of sp³-hybridized carbons (Fsp3) is 0.346. The normalized spacial score (nSPS) is 17.3. The molecule has 0 unspecified atom stereocenters. The van der Waals surface area contributed by atoms with Crippen LogP contribution in [0, 0.1) is 3.57 Å². The van der Waals surface area contributed by atoms with E-state index in [4.69, 9.17) is 9.47 Å². The van der Waals surface area contributed by atoms with E-state index in [1.807, 2.05) is 43.3 Å². The van der Waals surface area contributed by atoms with E-state index >= 15 is 0 Å². The molecule has 2 fully saturated rings. The molecule has 184 valence electrons. The van der Waals surface area contributed by atoms with Crippen LogP contribution >= 0.6 is 34.4 Å². The number of piperidine rings is 1. The van der Waals surface area contributed by atoms with Crippen LogP contribution in [0.3, 0.4) is 0 Å². The lowest BCUT2D eigenvalue weighted by molar-refractivity contribution is -0.136. The number of halogens is 1. The largest absolute Gasteiger partial charge is 0.490 e. The summed E-state index contributed by atoms with van der Waals surface area (Å²) < 4.78 is 12.7. The molecule has 2 aliphatic heterocycles. The first-order valence-electron chi connectivity index (χ1n) is 11.6. The molecule has 0 bridgehead atoms. The number of amides is 3. The Morgan fingerprint density at radius 1 is 1.09 bits per heavy atom. The summed E-state index contributed by atoms with van der Waals surface area (Å²) >= 11 is 3.04. The van der Waals surface area contributed by atoms with Gasteiger partial charge in [-0.3, -0.25) is 19.3 Å². The molecule has 3 amide bonds. The lowest BCUT2D eigenvalue weighted by atomic mass is 10.1. The summed E-state index contributed by atoms with van der Waals surface area (Å²) in [6.07, 6.45) is 4.69. The Labute approximate surface area is 223 Å². The van der Waals surface area contributed by atoms with Crippen molar-refractivity contribution in [3.05, 3.63) is 62.1 Å². The molecule has 0 atom stereocenters. The topological polar surface area (TPSA) is 76.2 Å². The van der Waals surface area contributed by atoms with Crippen LogP contribution in [0.5, 0.6) is 11.5 Å². The fourth-order valence-electron chi connectivity index (χ4n) is 3.97. The van der Waals surface area contributed by atoms with E-state index in [9.17, 15) is 14.4 Å². The standard InChI is InChI=1S/C26H27IN2O5S/c1-2-33-21-14-19(13-20(27)24(21)34-17-18-9-5-3-6-10-18)15-22-25(31)29(26(32)35-22)16-23(30)28-11-7-4-8-12-28/h3,5-6,9-10,13-15H,2,4,7-8,11-12,16-17H2,1H3/b22-15-. The van der Waals surface area contributed by atoms with Crippen molar-refractivity contribution in [2.75, 3.05) is 26.2 Å². The molecule has 0 aromatic heterocycles. The maximum atomic E-state index is 12.9. The summed E-state index contributed by atoms with van der Waals surface area (Å²) in [4.78, 5) is 41.1. The van der Waals surface area contributed by atoms with Crippen molar-refractivity contribution in [3.63, 3.8) is 0 Å². The van der Waals surface area contributed by atoms with Crippen LogP contribution in [0.2, 0.25) is 0 Å². The average molecular weight is 606 g/mol. The van der Waals surface area contributed by atoms with Crippen LogP contribution in [-0.4, -0.2) is 53.1 Å². The van der Waals surface area contributed by atoms with Crippen LogP contribution < -0.4 is 9.47 Å². The molecule has 0 radical (unpaired) electrons. The molecular formula is C26H27IN2O5S. The predicted molar refractivity (Wildman–Crippen MR) is 144 cm³/mol. The lowest BCUT2D eigenvalue weighted by Crippen LogP contribution is -2.44. The first kappa shape index (κ1) is 25.6. The molecular weight excluding hydrogens is 579 g/mol. The van der Waals surface area contributed by atoms with E-state index in [2.05, 4.69) is 22.6 Å². The van der Waals surface area contributed by atoms with Gasteiger partial charge < -0.3 is 14.4 Å². The van der Waals surface area contributed by atoms with E-state index in [-0.39, 0.29) is 17.4 Å². The zero-order valence-electron chi connectivity index (χ0n) is 19.5. The third-order valence-electron chi connectivity index (χ3n) is 5.73. The SMILES string of the molecule is CCOc1cc(/C=C2\SC(=O)N(CC(=O)N3CCCCC3)C2=O)cc(I)c1OCc1ccccc1. The number of hydrogen-bond donors (Lipinski definition) is 0. The van der Waals surface area contributed by atoms with Gasteiger partial charge in [-0.15, -0.1) is 0 Å². The predicted octanol–water partition coefficient (Wildman–Crippen LogP) is 5.32. The molecule has 4 rings (SSSR count). The minimum absolute atomic E-state index is 0.179. The van der Waals surface area contributed by atoms with Gasteiger partial charge in [0.15, 0.2) is 11.5 Å². The zero-order chi connectivity index (χ0) is 24.8. The van der Waals surface area contributed by atoms with Gasteiger partial charge in [0.2, 0.25) is 5.91 Å². The second-order valence-corrected chi connectivity index (χ2v) is 10.4. The number of rotatable bonds is 8. The molecule has 0 N–H and O–H groups in total. The number of nitrogens with zero attached hydrogens (tertiary/aromatic N) is 2. The maximum Gasteiger partial charge on any atom is 0.294 e. The van der Waals surface area contributed by atoms with E-state index in [0.29, 0.717) is 37.8 Å². The average Bonchev–Trinajstić information content (AvgIpc) is 3.12. The highest BCUT2D eigenvalue weighted by molar-refractivity contribution is 14.1. The molecule has 9 heteroatoms. The molecule has 35 heavy (non-hydrogen) atoms. The van der Waals surface area contributed by atoms with Crippen LogP contribution in [0.1, 0.15) is 37.3 Å². The van der Waals surface area contributed by atoms with Gasteiger partial charge >= 0.3 is 0 Å². The van der Waals surface area contributed by atoms with Gasteiger partial charge in [0.1, 0.15) is 13.2 Å². The Morgan fingerprint density at radius 2 is 1.83 bits per heavy atom.